The molecule has 5 nitrogen and oxygen atoms in total. The number of carbonyl (C=O) groups is 2. The minimum Gasteiger partial charge on any atom is -0.481 e. The number of hydrogen-bond donors (Lipinski definition) is 1. The molecule has 1 aromatic rings. The van der Waals surface area contributed by atoms with Gasteiger partial charge in [-0.1, -0.05) is 0 Å². The predicted molar refractivity (Wildman–Crippen MR) is 67.7 cm³/mol. The van der Waals surface area contributed by atoms with Gasteiger partial charge in [-0.25, -0.2) is 0 Å². The van der Waals surface area contributed by atoms with Crippen molar-refractivity contribution >= 4 is 23.2 Å². The van der Waals surface area contributed by atoms with Crippen molar-refractivity contribution in [1.82, 2.24) is 9.88 Å². The van der Waals surface area contributed by atoms with Gasteiger partial charge in [0.05, 0.1) is 11.7 Å². The monoisotopic (exact) mass is 268 g/mol. The van der Waals surface area contributed by atoms with Crippen molar-refractivity contribution in [2.45, 2.75) is 38.1 Å². The molecule has 98 valence electrons. The van der Waals surface area contributed by atoms with Crippen molar-refractivity contribution in [3.63, 3.8) is 0 Å². The fourth-order valence-corrected chi connectivity index (χ4v) is 2.90. The Balaban J connectivity index is 2.03. The van der Waals surface area contributed by atoms with Crippen LogP contribution < -0.4 is 0 Å². The van der Waals surface area contributed by atoms with Crippen molar-refractivity contribution < 1.29 is 14.7 Å². The Morgan fingerprint density at radius 3 is 3.00 bits per heavy atom. The molecule has 2 rings (SSSR count). The number of aliphatic carboxylic acids is 1. The second kappa shape index (κ2) is 5.95. The Morgan fingerprint density at radius 1 is 1.50 bits per heavy atom. The average Bonchev–Trinajstić information content (AvgIpc) is 2.89. The van der Waals surface area contributed by atoms with E-state index in [0.29, 0.717) is 11.3 Å². The third kappa shape index (κ3) is 3.07. The molecule has 2 heterocycles. The van der Waals surface area contributed by atoms with Crippen LogP contribution in [0.1, 0.15) is 41.8 Å². The van der Waals surface area contributed by atoms with Gasteiger partial charge in [0.1, 0.15) is 4.88 Å². The number of carbonyl (C=O) groups excluding carboxylic acids is 1. The molecular weight excluding hydrogens is 252 g/mol. The summed E-state index contributed by atoms with van der Waals surface area (Å²) in [5, 5.41) is 8.74. The number of carboxylic acid groups (broad SMARTS) is 1. The summed E-state index contributed by atoms with van der Waals surface area (Å²) >= 11 is 1.33. The lowest BCUT2D eigenvalue weighted by atomic mass is 9.97. The van der Waals surface area contributed by atoms with Crippen LogP contribution in [-0.4, -0.2) is 39.5 Å². The van der Waals surface area contributed by atoms with E-state index in [9.17, 15) is 9.59 Å². The maximum Gasteiger partial charge on any atom is 0.303 e. The molecule has 1 aliphatic heterocycles. The summed E-state index contributed by atoms with van der Waals surface area (Å²) in [6.07, 6.45) is 5.20. The first-order valence-electron chi connectivity index (χ1n) is 6.09. The lowest BCUT2D eigenvalue weighted by Gasteiger charge is -2.35. The van der Waals surface area contributed by atoms with E-state index in [-0.39, 0.29) is 18.4 Å². The molecule has 1 fully saturated rings. The van der Waals surface area contributed by atoms with E-state index in [4.69, 9.17) is 5.11 Å². The average molecular weight is 268 g/mol. The Bertz CT molecular complexity index is 419. The summed E-state index contributed by atoms with van der Waals surface area (Å²) in [4.78, 5) is 29.3. The van der Waals surface area contributed by atoms with Crippen molar-refractivity contribution in [2.24, 2.45) is 0 Å². The van der Waals surface area contributed by atoms with Gasteiger partial charge in [-0.15, -0.1) is 11.3 Å². The van der Waals surface area contributed by atoms with Crippen LogP contribution in [0.4, 0.5) is 0 Å². The molecule has 0 radical (unpaired) electrons. The molecule has 1 amide bonds. The molecule has 0 spiro atoms. The Hall–Kier alpha value is -1.43. The number of aromatic nitrogens is 1. The van der Waals surface area contributed by atoms with Gasteiger partial charge in [0.25, 0.3) is 5.91 Å². The molecule has 0 bridgehead atoms. The number of carboxylic acids is 1. The van der Waals surface area contributed by atoms with Crippen LogP contribution >= 0.6 is 11.3 Å². The summed E-state index contributed by atoms with van der Waals surface area (Å²) in [5.74, 6) is -0.807. The third-order valence-corrected chi connectivity index (χ3v) is 3.98. The molecule has 1 N–H and O–H groups in total. The van der Waals surface area contributed by atoms with Crippen molar-refractivity contribution in [1.29, 1.82) is 0 Å². The highest BCUT2D eigenvalue weighted by atomic mass is 32.1. The third-order valence-electron chi connectivity index (χ3n) is 3.22. The molecule has 1 aromatic heterocycles. The fourth-order valence-electron chi connectivity index (χ4n) is 2.32. The summed E-state index contributed by atoms with van der Waals surface area (Å²) in [6.45, 7) is 0.723. The molecule has 1 aliphatic rings. The zero-order valence-corrected chi connectivity index (χ0v) is 10.9. The first-order valence-corrected chi connectivity index (χ1v) is 6.97. The van der Waals surface area contributed by atoms with Crippen molar-refractivity contribution in [2.75, 3.05) is 6.54 Å². The molecule has 6 heteroatoms. The van der Waals surface area contributed by atoms with E-state index >= 15 is 0 Å². The zero-order valence-electron chi connectivity index (χ0n) is 10.0. The minimum absolute atomic E-state index is 0.00686. The molecular formula is C12H16N2O3S. The first-order chi connectivity index (χ1) is 8.68. The highest BCUT2D eigenvalue weighted by Gasteiger charge is 2.28. The SMILES string of the molecule is O=C(O)CCC1CCCCN1C(=O)c1cncs1. The van der Waals surface area contributed by atoms with E-state index < -0.39 is 5.97 Å². The van der Waals surface area contributed by atoms with Gasteiger partial charge in [-0.3, -0.25) is 14.6 Å². The highest BCUT2D eigenvalue weighted by Crippen LogP contribution is 2.23. The van der Waals surface area contributed by atoms with Crippen LogP contribution in [0.3, 0.4) is 0 Å². The molecule has 0 aliphatic carbocycles. The summed E-state index contributed by atoms with van der Waals surface area (Å²) < 4.78 is 0. The standard InChI is InChI=1S/C12H16N2O3S/c15-11(16)5-4-9-3-1-2-6-14(9)12(17)10-7-13-8-18-10/h7-9H,1-6H2,(H,15,16). The maximum absolute atomic E-state index is 12.3. The van der Waals surface area contributed by atoms with Gasteiger partial charge in [-0.2, -0.15) is 0 Å². The van der Waals surface area contributed by atoms with Crippen LogP contribution in [0.15, 0.2) is 11.7 Å². The van der Waals surface area contributed by atoms with Crippen LogP contribution in [0.5, 0.6) is 0 Å². The van der Waals surface area contributed by atoms with Gasteiger partial charge < -0.3 is 10.0 Å². The number of hydrogen-bond acceptors (Lipinski definition) is 4. The lowest BCUT2D eigenvalue weighted by Crippen LogP contribution is -2.43. The molecule has 18 heavy (non-hydrogen) atoms. The molecule has 1 unspecified atom stereocenters. The Morgan fingerprint density at radius 2 is 2.33 bits per heavy atom. The summed E-state index contributed by atoms with van der Waals surface area (Å²) in [7, 11) is 0. The zero-order chi connectivity index (χ0) is 13.0. The van der Waals surface area contributed by atoms with Crippen molar-refractivity contribution in [3.05, 3.63) is 16.6 Å². The second-order valence-corrected chi connectivity index (χ2v) is 5.33. The predicted octanol–water partition coefficient (Wildman–Crippen LogP) is 2.00. The normalized spacial score (nSPS) is 19.8. The van der Waals surface area contributed by atoms with Gasteiger partial charge >= 0.3 is 5.97 Å². The van der Waals surface area contributed by atoms with Crippen LogP contribution in [0.2, 0.25) is 0 Å². The Labute approximate surface area is 109 Å². The number of amides is 1. The van der Waals surface area contributed by atoms with Crippen LogP contribution in [-0.2, 0) is 4.79 Å². The van der Waals surface area contributed by atoms with Gasteiger partial charge in [0, 0.05) is 19.0 Å². The molecule has 1 saturated heterocycles. The maximum atomic E-state index is 12.3. The van der Waals surface area contributed by atoms with E-state index in [1.54, 1.807) is 11.7 Å². The topological polar surface area (TPSA) is 70.5 Å². The number of thiazole rings is 1. The van der Waals surface area contributed by atoms with Gasteiger partial charge in [0.2, 0.25) is 0 Å². The van der Waals surface area contributed by atoms with E-state index in [0.717, 1.165) is 25.8 Å². The Kier molecular flexibility index (Phi) is 4.30. The van der Waals surface area contributed by atoms with Crippen LogP contribution in [0.25, 0.3) is 0 Å². The number of likely N-dealkylation sites (tertiary alicyclic amines) is 1. The van der Waals surface area contributed by atoms with Crippen molar-refractivity contribution in [3.8, 4) is 0 Å². The molecule has 0 aromatic carbocycles. The van der Waals surface area contributed by atoms with E-state index in [1.165, 1.54) is 11.3 Å². The fraction of sp³-hybridized carbons (Fsp3) is 0.583. The quantitative estimate of drug-likeness (QED) is 0.906. The number of piperidine rings is 1. The number of rotatable bonds is 4. The van der Waals surface area contributed by atoms with E-state index in [2.05, 4.69) is 4.98 Å². The molecule has 0 saturated carbocycles. The number of nitrogens with zero attached hydrogens (tertiary/aromatic N) is 2. The smallest absolute Gasteiger partial charge is 0.303 e. The van der Waals surface area contributed by atoms with Crippen LogP contribution in [0, 0.1) is 0 Å². The minimum atomic E-state index is -0.800. The second-order valence-electron chi connectivity index (χ2n) is 4.45. The molecule has 1 atom stereocenters. The van der Waals surface area contributed by atoms with Gasteiger partial charge in [-0.05, 0) is 25.7 Å². The van der Waals surface area contributed by atoms with E-state index in [1.807, 2.05) is 4.90 Å². The largest absolute Gasteiger partial charge is 0.481 e. The first kappa shape index (κ1) is 13.0. The summed E-state index contributed by atoms with van der Waals surface area (Å²) in [5.41, 5.74) is 1.64. The summed E-state index contributed by atoms with van der Waals surface area (Å²) in [6, 6.07) is 0.0597. The van der Waals surface area contributed by atoms with Gasteiger partial charge in [0.15, 0.2) is 0 Å². The lowest BCUT2D eigenvalue weighted by molar-refractivity contribution is -0.137. The highest BCUT2D eigenvalue weighted by molar-refractivity contribution is 7.11.